The van der Waals surface area contributed by atoms with E-state index in [1.54, 1.807) is 16.0 Å². The van der Waals surface area contributed by atoms with Gasteiger partial charge in [0.1, 0.15) is 0 Å². The van der Waals surface area contributed by atoms with Crippen LogP contribution >= 0.6 is 11.3 Å². The summed E-state index contributed by atoms with van der Waals surface area (Å²) in [7, 11) is 0. The van der Waals surface area contributed by atoms with Gasteiger partial charge in [-0.1, -0.05) is 36.5 Å². The molecule has 0 bridgehead atoms. The van der Waals surface area contributed by atoms with Gasteiger partial charge in [0, 0.05) is 9.75 Å². The molecule has 0 amide bonds. The maximum atomic E-state index is 3.78. The van der Waals surface area contributed by atoms with Gasteiger partial charge in [-0.25, -0.2) is 0 Å². The second-order valence-corrected chi connectivity index (χ2v) is 7.36. The highest BCUT2D eigenvalue weighted by molar-refractivity contribution is 7.13. The van der Waals surface area contributed by atoms with E-state index in [0.717, 1.165) is 0 Å². The Kier molecular flexibility index (Phi) is 4.35. The maximum Gasteiger partial charge on any atom is 0.0308 e. The first-order chi connectivity index (χ1) is 10.6. The lowest BCUT2D eigenvalue weighted by Gasteiger charge is -2.23. The van der Waals surface area contributed by atoms with Crippen molar-refractivity contribution in [2.75, 3.05) is 0 Å². The molecule has 0 saturated heterocycles. The van der Waals surface area contributed by atoms with E-state index in [-0.39, 0.29) is 0 Å². The smallest absolute Gasteiger partial charge is 0.0308 e. The van der Waals surface area contributed by atoms with Crippen molar-refractivity contribution in [1.29, 1.82) is 0 Å². The summed E-state index contributed by atoms with van der Waals surface area (Å²) < 4.78 is 0. The predicted octanol–water partition coefficient (Wildman–Crippen LogP) is 6.64. The average Bonchev–Trinajstić information content (AvgIpc) is 2.84. The summed E-state index contributed by atoms with van der Waals surface area (Å²) >= 11 is 1.95. The molecule has 0 N–H and O–H groups in total. The van der Waals surface area contributed by atoms with E-state index in [9.17, 15) is 0 Å². The standard InChI is InChI=1S/C21H24S/c1-5-6-11-19-16(4)21-15(3)18(12-13-20(21)22-19)17-10-8-7-9-14(17)2/h5-6,8,10-11H,1,7,9,12-13H2,2-4H3/b11-6-. The second-order valence-electron chi connectivity index (χ2n) is 6.22. The lowest BCUT2D eigenvalue weighted by atomic mass is 9.82. The van der Waals surface area contributed by atoms with Crippen molar-refractivity contribution in [3.8, 4) is 0 Å². The molecule has 0 fully saturated rings. The Bertz CT molecular complexity index is 732. The molecule has 0 aliphatic heterocycles. The second kappa shape index (κ2) is 6.26. The largest absolute Gasteiger partial charge is 0.140 e. The molecule has 2 aliphatic rings. The maximum absolute atomic E-state index is 3.78. The molecule has 1 heteroatoms. The predicted molar refractivity (Wildman–Crippen MR) is 100 cm³/mol. The van der Waals surface area contributed by atoms with Crippen LogP contribution in [0.1, 0.15) is 54.0 Å². The summed E-state index contributed by atoms with van der Waals surface area (Å²) in [6, 6.07) is 0. The Hall–Kier alpha value is -1.60. The van der Waals surface area contributed by atoms with Crippen LogP contribution in [0.15, 0.2) is 47.6 Å². The molecule has 0 radical (unpaired) electrons. The van der Waals surface area contributed by atoms with Crippen molar-refractivity contribution in [2.24, 2.45) is 0 Å². The summed E-state index contributed by atoms with van der Waals surface area (Å²) in [5.74, 6) is 0. The number of allylic oxidation sites excluding steroid dienone is 8. The summed E-state index contributed by atoms with van der Waals surface area (Å²) in [4.78, 5) is 2.94. The van der Waals surface area contributed by atoms with E-state index < -0.39 is 0 Å². The topological polar surface area (TPSA) is 0 Å². The third-order valence-corrected chi connectivity index (χ3v) is 6.14. The fourth-order valence-electron chi connectivity index (χ4n) is 3.62. The van der Waals surface area contributed by atoms with Gasteiger partial charge in [0.25, 0.3) is 0 Å². The van der Waals surface area contributed by atoms with Crippen LogP contribution in [0, 0.1) is 6.92 Å². The number of hydrogen-bond donors (Lipinski definition) is 0. The van der Waals surface area contributed by atoms with Crippen LogP contribution in [0.3, 0.4) is 0 Å². The minimum Gasteiger partial charge on any atom is -0.140 e. The Balaban J connectivity index is 2.10. The minimum atomic E-state index is 1.18. The van der Waals surface area contributed by atoms with E-state index in [1.165, 1.54) is 52.8 Å². The number of hydrogen-bond acceptors (Lipinski definition) is 1. The molecular formula is C21H24S. The van der Waals surface area contributed by atoms with Crippen LogP contribution in [0.5, 0.6) is 0 Å². The Morgan fingerprint density at radius 1 is 1.14 bits per heavy atom. The van der Waals surface area contributed by atoms with Gasteiger partial charge in [0.15, 0.2) is 0 Å². The molecule has 1 heterocycles. The van der Waals surface area contributed by atoms with Crippen LogP contribution in [0.2, 0.25) is 0 Å². The Morgan fingerprint density at radius 3 is 2.68 bits per heavy atom. The van der Waals surface area contributed by atoms with Crippen LogP contribution in [-0.4, -0.2) is 0 Å². The molecule has 2 aliphatic carbocycles. The van der Waals surface area contributed by atoms with E-state index in [4.69, 9.17) is 0 Å². The summed E-state index contributed by atoms with van der Waals surface area (Å²) in [5.41, 5.74) is 9.07. The molecule has 22 heavy (non-hydrogen) atoms. The molecule has 3 rings (SSSR count). The zero-order valence-electron chi connectivity index (χ0n) is 13.8. The third kappa shape index (κ3) is 2.59. The molecule has 0 atom stereocenters. The molecule has 0 nitrogen and oxygen atoms in total. The average molecular weight is 308 g/mol. The zero-order valence-corrected chi connectivity index (χ0v) is 14.6. The highest BCUT2D eigenvalue weighted by atomic mass is 32.1. The van der Waals surface area contributed by atoms with E-state index in [0.29, 0.717) is 0 Å². The van der Waals surface area contributed by atoms with Crippen molar-refractivity contribution >= 4 is 23.0 Å². The quantitative estimate of drug-likeness (QED) is 0.549. The van der Waals surface area contributed by atoms with Crippen molar-refractivity contribution in [2.45, 2.75) is 46.5 Å². The first-order valence-electron chi connectivity index (χ1n) is 8.11. The van der Waals surface area contributed by atoms with E-state index in [1.807, 2.05) is 23.5 Å². The summed E-state index contributed by atoms with van der Waals surface area (Å²) in [5, 5.41) is 0. The lowest BCUT2D eigenvalue weighted by molar-refractivity contribution is 0.901. The third-order valence-electron chi connectivity index (χ3n) is 4.83. The normalized spacial score (nSPS) is 18.3. The Labute approximate surface area is 138 Å². The van der Waals surface area contributed by atoms with Crippen LogP contribution in [0.25, 0.3) is 11.6 Å². The van der Waals surface area contributed by atoms with Crippen LogP contribution < -0.4 is 0 Å². The van der Waals surface area contributed by atoms with Crippen molar-refractivity contribution in [3.63, 3.8) is 0 Å². The SMILES string of the molecule is C=C/C=C\c1sc2c(c1C)C(C)=C(C1=C(C)CCC=C1)CC2. The van der Waals surface area contributed by atoms with Crippen LogP contribution in [0.4, 0.5) is 0 Å². The highest BCUT2D eigenvalue weighted by Gasteiger charge is 2.24. The number of aryl methyl sites for hydroxylation is 1. The van der Waals surface area contributed by atoms with Gasteiger partial charge in [-0.15, -0.1) is 11.3 Å². The highest BCUT2D eigenvalue weighted by Crippen LogP contribution is 2.43. The van der Waals surface area contributed by atoms with Gasteiger partial charge >= 0.3 is 0 Å². The molecular weight excluding hydrogens is 284 g/mol. The summed E-state index contributed by atoms with van der Waals surface area (Å²) in [6.45, 7) is 10.7. The van der Waals surface area contributed by atoms with Crippen molar-refractivity contribution < 1.29 is 0 Å². The van der Waals surface area contributed by atoms with Crippen LogP contribution in [-0.2, 0) is 6.42 Å². The van der Waals surface area contributed by atoms with Gasteiger partial charge in [0.2, 0.25) is 0 Å². The van der Waals surface area contributed by atoms with E-state index in [2.05, 4.69) is 45.6 Å². The van der Waals surface area contributed by atoms with Gasteiger partial charge in [0.05, 0.1) is 0 Å². The zero-order chi connectivity index (χ0) is 15.7. The van der Waals surface area contributed by atoms with Crippen molar-refractivity contribution in [3.05, 3.63) is 68.5 Å². The fourth-order valence-corrected chi connectivity index (χ4v) is 4.90. The molecule has 0 saturated carbocycles. The fraction of sp³-hybridized carbons (Fsp3) is 0.333. The molecule has 0 aromatic carbocycles. The molecule has 114 valence electrons. The van der Waals surface area contributed by atoms with Gasteiger partial charge < -0.3 is 0 Å². The first-order valence-corrected chi connectivity index (χ1v) is 8.93. The van der Waals surface area contributed by atoms with Gasteiger partial charge in [-0.05, 0) is 80.4 Å². The minimum absolute atomic E-state index is 1.18. The van der Waals surface area contributed by atoms with Gasteiger partial charge in [-0.3, -0.25) is 0 Å². The number of thiophene rings is 1. The van der Waals surface area contributed by atoms with Crippen molar-refractivity contribution in [1.82, 2.24) is 0 Å². The lowest BCUT2D eigenvalue weighted by Crippen LogP contribution is -2.05. The monoisotopic (exact) mass is 308 g/mol. The number of fused-ring (bicyclic) bond motifs is 1. The first kappa shape index (κ1) is 15.3. The number of rotatable bonds is 3. The van der Waals surface area contributed by atoms with Gasteiger partial charge in [-0.2, -0.15) is 0 Å². The summed E-state index contributed by atoms with van der Waals surface area (Å²) in [6.07, 6.45) is 15.5. The molecule has 1 aromatic rings. The molecule has 1 aromatic heterocycles. The Morgan fingerprint density at radius 2 is 1.95 bits per heavy atom. The van der Waals surface area contributed by atoms with E-state index >= 15 is 0 Å². The molecule has 0 spiro atoms. The molecule has 0 unspecified atom stereocenters.